The van der Waals surface area contributed by atoms with Gasteiger partial charge in [0.1, 0.15) is 23.0 Å². The molecule has 2 heterocycles. The van der Waals surface area contributed by atoms with E-state index in [1.165, 1.54) is 6.42 Å². The minimum absolute atomic E-state index is 0.245. The molecule has 2 aliphatic rings. The van der Waals surface area contributed by atoms with Crippen LogP contribution in [0.4, 0.5) is 0 Å². The third-order valence-electron chi connectivity index (χ3n) is 8.22. The summed E-state index contributed by atoms with van der Waals surface area (Å²) in [6.07, 6.45) is 5.36. The van der Waals surface area contributed by atoms with E-state index in [1.807, 2.05) is 0 Å². The maximum Gasteiger partial charge on any atom is 0.340 e. The van der Waals surface area contributed by atoms with E-state index in [9.17, 15) is 19.2 Å². The van der Waals surface area contributed by atoms with Crippen LogP contribution >= 0.6 is 0 Å². The quantitative estimate of drug-likeness (QED) is 0.143. The predicted octanol–water partition coefficient (Wildman–Crippen LogP) is 7.86. The molecule has 3 aromatic rings. The topological polar surface area (TPSA) is 117 Å². The Bertz CT molecular complexity index is 1650. The van der Waals surface area contributed by atoms with Crippen molar-refractivity contribution in [1.82, 2.24) is 5.32 Å². The van der Waals surface area contributed by atoms with Crippen LogP contribution in [0.3, 0.4) is 0 Å². The molecular formula is C38H43NO8. The number of carbonyl (C=O) groups excluding carboxylic acids is 4. The normalized spacial score (nSPS) is 14.3. The first-order chi connectivity index (χ1) is 22.1. The van der Waals surface area contributed by atoms with Crippen molar-refractivity contribution in [3.05, 3.63) is 82.4 Å². The lowest BCUT2D eigenvalue weighted by Gasteiger charge is -2.37. The summed E-state index contributed by atoms with van der Waals surface area (Å²) >= 11 is 0. The van der Waals surface area contributed by atoms with E-state index < -0.39 is 34.3 Å². The molecular weight excluding hydrogens is 598 g/mol. The fraction of sp³-hybridized carbons (Fsp3) is 0.421. The largest absolute Gasteiger partial charge is 0.456 e. The number of hydrogen-bond acceptors (Lipinski definition) is 8. The van der Waals surface area contributed by atoms with Gasteiger partial charge in [-0.1, -0.05) is 32.6 Å². The monoisotopic (exact) mass is 641 g/mol. The number of benzene rings is 3. The summed E-state index contributed by atoms with van der Waals surface area (Å²) in [5, 5.41) is 3.00. The Morgan fingerprint density at radius 3 is 1.81 bits per heavy atom. The van der Waals surface area contributed by atoms with E-state index in [-0.39, 0.29) is 28.9 Å². The standard InChI is InChI=1S/C38H43NO8/c1-8-9-10-11-12-19-39-32(40)23-13-16-26-29(20-23)38(47-33(26)41)27-17-14-24(44-34(42)36(2,3)4)21-30(27)46-31-22-25(15-18-28(31)38)45-35(43)37(5,6)7/h13-18,20-22H,8-12,19H2,1-7H3,(H,39,40). The summed E-state index contributed by atoms with van der Waals surface area (Å²) in [5.41, 5.74) is -0.845. The first kappa shape index (κ1) is 33.7. The zero-order valence-corrected chi connectivity index (χ0v) is 28.2. The van der Waals surface area contributed by atoms with Gasteiger partial charge in [-0.15, -0.1) is 0 Å². The second-order valence-electron chi connectivity index (χ2n) is 14.2. The molecule has 9 heteroatoms. The molecule has 0 unspecified atom stereocenters. The highest BCUT2D eigenvalue weighted by atomic mass is 16.6. The average Bonchev–Trinajstić information content (AvgIpc) is 3.29. The number of fused-ring (bicyclic) bond motifs is 6. The van der Waals surface area contributed by atoms with Gasteiger partial charge < -0.3 is 24.3 Å². The minimum atomic E-state index is -1.50. The van der Waals surface area contributed by atoms with Crippen molar-refractivity contribution >= 4 is 23.8 Å². The van der Waals surface area contributed by atoms with Gasteiger partial charge >= 0.3 is 17.9 Å². The molecule has 0 aromatic heterocycles. The summed E-state index contributed by atoms with van der Waals surface area (Å²) in [6.45, 7) is 13.2. The number of nitrogens with one attached hydrogen (secondary N) is 1. The molecule has 0 aliphatic carbocycles. The van der Waals surface area contributed by atoms with Gasteiger partial charge in [0, 0.05) is 40.9 Å². The van der Waals surface area contributed by atoms with Crippen molar-refractivity contribution in [2.24, 2.45) is 10.8 Å². The summed E-state index contributed by atoms with van der Waals surface area (Å²) in [6, 6.07) is 14.7. The predicted molar refractivity (Wildman–Crippen MR) is 176 cm³/mol. The van der Waals surface area contributed by atoms with Crippen LogP contribution in [0.5, 0.6) is 23.0 Å². The lowest BCUT2D eigenvalue weighted by atomic mass is 9.77. The molecule has 9 nitrogen and oxygen atoms in total. The van der Waals surface area contributed by atoms with Crippen LogP contribution in [-0.2, 0) is 19.9 Å². The number of amides is 1. The van der Waals surface area contributed by atoms with E-state index in [2.05, 4.69) is 12.2 Å². The van der Waals surface area contributed by atoms with Crippen LogP contribution in [0, 0.1) is 10.8 Å². The Balaban J connectivity index is 1.58. The van der Waals surface area contributed by atoms with Crippen molar-refractivity contribution in [3.63, 3.8) is 0 Å². The third kappa shape index (κ3) is 6.75. The van der Waals surface area contributed by atoms with Gasteiger partial charge in [-0.25, -0.2) is 4.79 Å². The summed E-state index contributed by atoms with van der Waals surface area (Å²) in [4.78, 5) is 52.2. The molecule has 0 bridgehead atoms. The van der Waals surface area contributed by atoms with E-state index in [4.69, 9.17) is 18.9 Å². The van der Waals surface area contributed by atoms with Crippen molar-refractivity contribution in [2.45, 2.75) is 86.2 Å². The molecule has 2 aliphatic heterocycles. The number of carbonyl (C=O) groups is 4. The Hall–Kier alpha value is -4.66. The van der Waals surface area contributed by atoms with Gasteiger partial charge in [-0.2, -0.15) is 0 Å². The van der Waals surface area contributed by atoms with Crippen molar-refractivity contribution in [1.29, 1.82) is 0 Å². The van der Waals surface area contributed by atoms with Crippen LogP contribution in [0.2, 0.25) is 0 Å². The lowest BCUT2D eigenvalue weighted by Crippen LogP contribution is -2.33. The number of unbranched alkanes of at least 4 members (excludes halogenated alkanes) is 4. The first-order valence-corrected chi connectivity index (χ1v) is 16.2. The van der Waals surface area contributed by atoms with Gasteiger partial charge in [0.05, 0.1) is 16.4 Å². The smallest absolute Gasteiger partial charge is 0.340 e. The first-order valence-electron chi connectivity index (χ1n) is 16.2. The highest BCUT2D eigenvalue weighted by molar-refractivity contribution is 6.00. The van der Waals surface area contributed by atoms with Gasteiger partial charge in [0.2, 0.25) is 0 Å². The molecule has 3 aromatic carbocycles. The zero-order chi connectivity index (χ0) is 34.1. The average molecular weight is 642 g/mol. The molecule has 0 saturated carbocycles. The van der Waals surface area contributed by atoms with Crippen molar-refractivity contribution in [2.75, 3.05) is 6.54 Å². The van der Waals surface area contributed by atoms with Crippen LogP contribution in [0.1, 0.15) is 118 Å². The van der Waals surface area contributed by atoms with Crippen LogP contribution in [-0.4, -0.2) is 30.4 Å². The number of ether oxygens (including phenoxy) is 4. The van der Waals surface area contributed by atoms with E-state index >= 15 is 0 Å². The molecule has 248 valence electrons. The Labute approximate surface area is 275 Å². The Morgan fingerprint density at radius 2 is 1.28 bits per heavy atom. The molecule has 47 heavy (non-hydrogen) atoms. The molecule has 1 amide bonds. The molecule has 0 radical (unpaired) electrons. The highest BCUT2D eigenvalue weighted by Crippen LogP contribution is 2.57. The summed E-state index contributed by atoms with van der Waals surface area (Å²) < 4.78 is 23.9. The fourth-order valence-corrected chi connectivity index (χ4v) is 5.50. The number of esters is 3. The number of rotatable bonds is 9. The molecule has 0 atom stereocenters. The third-order valence-corrected chi connectivity index (χ3v) is 8.22. The maximum absolute atomic E-state index is 13.5. The molecule has 1 spiro atoms. The van der Waals surface area contributed by atoms with Crippen molar-refractivity contribution < 1.29 is 38.1 Å². The van der Waals surface area contributed by atoms with Gasteiger partial charge in [0.15, 0.2) is 5.60 Å². The second-order valence-corrected chi connectivity index (χ2v) is 14.2. The summed E-state index contributed by atoms with van der Waals surface area (Å²) in [5.74, 6) is -0.635. The van der Waals surface area contributed by atoms with Crippen molar-refractivity contribution in [3.8, 4) is 23.0 Å². The van der Waals surface area contributed by atoms with E-state index in [0.717, 1.165) is 25.7 Å². The molecule has 5 rings (SSSR count). The second kappa shape index (κ2) is 12.9. The van der Waals surface area contributed by atoms with Crippen LogP contribution < -0.4 is 19.5 Å². The van der Waals surface area contributed by atoms with Gasteiger partial charge in [-0.3, -0.25) is 14.4 Å². The lowest BCUT2D eigenvalue weighted by molar-refractivity contribution is -0.143. The van der Waals surface area contributed by atoms with E-state index in [1.54, 1.807) is 96.1 Å². The van der Waals surface area contributed by atoms with Gasteiger partial charge in [-0.05, 0) is 90.4 Å². The fourth-order valence-electron chi connectivity index (χ4n) is 5.50. The van der Waals surface area contributed by atoms with Crippen LogP contribution in [0.15, 0.2) is 54.6 Å². The molecule has 0 saturated heterocycles. The Morgan fingerprint density at radius 1 is 0.723 bits per heavy atom. The molecule has 0 fully saturated rings. The Kier molecular flexibility index (Phi) is 9.22. The van der Waals surface area contributed by atoms with Gasteiger partial charge in [0.25, 0.3) is 5.91 Å². The van der Waals surface area contributed by atoms with Crippen LogP contribution in [0.25, 0.3) is 0 Å². The molecule has 1 N–H and O–H groups in total. The maximum atomic E-state index is 13.5. The summed E-state index contributed by atoms with van der Waals surface area (Å²) in [7, 11) is 0. The highest BCUT2D eigenvalue weighted by Gasteiger charge is 2.54. The SMILES string of the molecule is CCCCCCCNC(=O)c1ccc2c(c1)C1(OC2=O)c2ccc(OC(=O)C(C)(C)C)cc2Oc2cc(OC(=O)C(C)(C)C)ccc21. The minimum Gasteiger partial charge on any atom is -0.456 e. The zero-order valence-electron chi connectivity index (χ0n) is 28.2. The van der Waals surface area contributed by atoms with E-state index in [0.29, 0.717) is 34.4 Å². The number of hydrogen-bond donors (Lipinski definition) is 1.